The number of urea groups is 1. The first kappa shape index (κ1) is 26.0. The molecule has 0 radical (unpaired) electrons. The molecule has 0 saturated carbocycles. The maximum Gasteiger partial charge on any atom is 0.322 e. The molecule has 1 aromatic carbocycles. The van der Waals surface area contributed by atoms with Gasteiger partial charge in [0.2, 0.25) is 0 Å². The fraction of sp³-hybridized carbons (Fsp3) is 0.435. The maximum atomic E-state index is 13.6. The third-order valence-corrected chi connectivity index (χ3v) is 6.26. The Morgan fingerprint density at radius 2 is 2.11 bits per heavy atom. The van der Waals surface area contributed by atoms with Crippen molar-refractivity contribution in [2.24, 2.45) is 0 Å². The number of anilines is 1. The summed E-state index contributed by atoms with van der Waals surface area (Å²) in [5.41, 5.74) is 1.18. The van der Waals surface area contributed by atoms with Gasteiger partial charge in [0.25, 0.3) is 18.2 Å². The highest BCUT2D eigenvalue weighted by Crippen LogP contribution is 2.29. The van der Waals surface area contributed by atoms with Crippen molar-refractivity contribution in [1.82, 2.24) is 24.6 Å². The van der Waals surface area contributed by atoms with Gasteiger partial charge in [-0.15, -0.1) is 0 Å². The molecule has 0 unspecified atom stereocenters. The Kier molecular flexibility index (Phi) is 7.08. The number of carbonyl (C=O) groups is 3. The van der Waals surface area contributed by atoms with E-state index in [9.17, 15) is 27.6 Å². The predicted octanol–water partition coefficient (Wildman–Crippen LogP) is 1.98. The van der Waals surface area contributed by atoms with Gasteiger partial charge in [0, 0.05) is 37.8 Å². The molecule has 0 aliphatic carbocycles. The Morgan fingerprint density at radius 1 is 1.38 bits per heavy atom. The molecule has 37 heavy (non-hydrogen) atoms. The van der Waals surface area contributed by atoms with Crippen LogP contribution in [0.4, 0.5) is 23.7 Å². The van der Waals surface area contributed by atoms with Gasteiger partial charge in [-0.3, -0.25) is 19.1 Å². The molecule has 2 aliphatic heterocycles. The summed E-state index contributed by atoms with van der Waals surface area (Å²) in [6, 6.07) is 4.48. The summed E-state index contributed by atoms with van der Waals surface area (Å²) in [6.07, 6.45) is -3.69. The first-order chi connectivity index (χ1) is 17.5. The quantitative estimate of drug-likeness (QED) is 0.659. The molecular weight excluding hydrogens is 495 g/mol. The number of likely N-dealkylation sites (N-methyl/N-ethyl adjacent to an activating group) is 1. The molecule has 3 heterocycles. The Morgan fingerprint density at radius 3 is 2.78 bits per heavy atom. The Balaban J connectivity index is 1.59. The SMILES string of the molecule is C[C@@H]1Cc2nn3c(c2CN1C(=O)Nc1ccc(F)c(C#N)c1)C(=O)N(C)O[C@@H](C(=O)N(C)CC(F)F)C3. The van der Waals surface area contributed by atoms with Crippen LogP contribution in [0.3, 0.4) is 0 Å². The number of hydrogen-bond acceptors (Lipinski definition) is 6. The van der Waals surface area contributed by atoms with Crippen molar-refractivity contribution in [1.29, 1.82) is 5.26 Å². The second kappa shape index (κ2) is 10.1. The van der Waals surface area contributed by atoms with E-state index in [2.05, 4.69) is 10.4 Å². The highest BCUT2D eigenvalue weighted by Gasteiger charge is 2.39. The molecule has 14 heteroatoms. The molecule has 0 spiro atoms. The lowest BCUT2D eigenvalue weighted by atomic mass is 9.99. The van der Waals surface area contributed by atoms with Crippen LogP contribution in [0.5, 0.6) is 0 Å². The smallest absolute Gasteiger partial charge is 0.322 e. The maximum absolute atomic E-state index is 13.6. The highest BCUT2D eigenvalue weighted by molar-refractivity contribution is 5.95. The van der Waals surface area contributed by atoms with Crippen molar-refractivity contribution in [3.05, 3.63) is 46.5 Å². The van der Waals surface area contributed by atoms with Gasteiger partial charge in [0.05, 0.1) is 30.9 Å². The van der Waals surface area contributed by atoms with Gasteiger partial charge >= 0.3 is 6.03 Å². The number of hydrogen-bond donors (Lipinski definition) is 1. The number of benzene rings is 1. The molecule has 11 nitrogen and oxygen atoms in total. The Hall–Kier alpha value is -4.12. The van der Waals surface area contributed by atoms with Crippen molar-refractivity contribution in [2.45, 2.75) is 45.0 Å². The largest absolute Gasteiger partial charge is 0.338 e. The van der Waals surface area contributed by atoms with Crippen LogP contribution in [0.2, 0.25) is 0 Å². The normalized spacial score (nSPS) is 19.1. The van der Waals surface area contributed by atoms with E-state index in [1.165, 1.54) is 35.8 Å². The van der Waals surface area contributed by atoms with E-state index in [0.29, 0.717) is 17.7 Å². The number of rotatable bonds is 4. The summed E-state index contributed by atoms with van der Waals surface area (Å²) < 4.78 is 40.5. The Bertz CT molecular complexity index is 1290. The minimum Gasteiger partial charge on any atom is -0.338 e. The van der Waals surface area contributed by atoms with E-state index in [1.807, 2.05) is 0 Å². The van der Waals surface area contributed by atoms with Crippen LogP contribution in [0.25, 0.3) is 0 Å². The van der Waals surface area contributed by atoms with Gasteiger partial charge < -0.3 is 15.1 Å². The minimum absolute atomic E-state index is 0.00739. The van der Waals surface area contributed by atoms with E-state index in [4.69, 9.17) is 10.1 Å². The predicted molar refractivity (Wildman–Crippen MR) is 122 cm³/mol. The van der Waals surface area contributed by atoms with Gasteiger partial charge in [-0.2, -0.15) is 10.4 Å². The average Bonchev–Trinajstić information content (AvgIpc) is 3.12. The van der Waals surface area contributed by atoms with Crippen LogP contribution in [-0.2, 0) is 29.1 Å². The molecule has 4 rings (SSSR count). The number of fused-ring (bicyclic) bond motifs is 3. The fourth-order valence-corrected chi connectivity index (χ4v) is 4.37. The van der Waals surface area contributed by atoms with Crippen LogP contribution in [0, 0.1) is 17.1 Å². The molecule has 0 saturated heterocycles. The monoisotopic (exact) mass is 519 g/mol. The van der Waals surface area contributed by atoms with Crippen LogP contribution in [-0.4, -0.2) is 81.7 Å². The summed E-state index contributed by atoms with van der Waals surface area (Å²) in [5, 5.41) is 17.0. The van der Waals surface area contributed by atoms with Crippen molar-refractivity contribution in [3.63, 3.8) is 0 Å². The molecule has 2 aliphatic rings. The van der Waals surface area contributed by atoms with Crippen molar-refractivity contribution < 1.29 is 32.4 Å². The van der Waals surface area contributed by atoms with Gasteiger partial charge in [-0.25, -0.2) is 23.0 Å². The molecule has 1 aromatic heterocycles. The van der Waals surface area contributed by atoms with Gasteiger partial charge in [-0.05, 0) is 25.1 Å². The highest BCUT2D eigenvalue weighted by atomic mass is 19.3. The van der Waals surface area contributed by atoms with E-state index in [1.54, 1.807) is 13.0 Å². The number of hydroxylamine groups is 2. The van der Waals surface area contributed by atoms with E-state index >= 15 is 0 Å². The summed E-state index contributed by atoms with van der Waals surface area (Å²) >= 11 is 0. The molecular formula is C23H24F3N7O4. The van der Waals surface area contributed by atoms with Crippen molar-refractivity contribution >= 4 is 23.5 Å². The second-order valence-electron chi connectivity index (χ2n) is 8.88. The zero-order valence-corrected chi connectivity index (χ0v) is 20.2. The zero-order valence-electron chi connectivity index (χ0n) is 20.2. The Labute approximate surface area is 209 Å². The lowest BCUT2D eigenvalue weighted by Gasteiger charge is -2.33. The molecule has 2 atom stereocenters. The average molecular weight is 519 g/mol. The van der Waals surface area contributed by atoms with Crippen molar-refractivity contribution in [2.75, 3.05) is 26.0 Å². The lowest BCUT2D eigenvalue weighted by molar-refractivity contribution is -0.177. The van der Waals surface area contributed by atoms with E-state index in [-0.39, 0.29) is 36.1 Å². The molecule has 0 bridgehead atoms. The van der Waals surface area contributed by atoms with E-state index < -0.39 is 42.7 Å². The lowest BCUT2D eigenvalue weighted by Crippen LogP contribution is -2.45. The first-order valence-corrected chi connectivity index (χ1v) is 11.3. The molecule has 0 fully saturated rings. The third-order valence-electron chi connectivity index (χ3n) is 6.26. The topological polar surface area (TPSA) is 124 Å². The second-order valence-corrected chi connectivity index (χ2v) is 8.88. The summed E-state index contributed by atoms with van der Waals surface area (Å²) in [4.78, 5) is 46.7. The zero-order chi connectivity index (χ0) is 27.0. The van der Waals surface area contributed by atoms with Crippen LogP contribution in [0.15, 0.2) is 18.2 Å². The summed E-state index contributed by atoms with van der Waals surface area (Å²) in [5.74, 6) is -2.04. The number of alkyl halides is 2. The van der Waals surface area contributed by atoms with Crippen molar-refractivity contribution in [3.8, 4) is 6.07 Å². The van der Waals surface area contributed by atoms with Crippen LogP contribution in [0.1, 0.15) is 34.2 Å². The number of nitrogens with one attached hydrogen (secondary N) is 1. The number of halogens is 3. The van der Waals surface area contributed by atoms with Crippen LogP contribution >= 0.6 is 0 Å². The summed E-state index contributed by atoms with van der Waals surface area (Å²) in [7, 11) is 2.53. The van der Waals surface area contributed by atoms with Crippen LogP contribution < -0.4 is 5.32 Å². The number of nitrogens with zero attached hydrogens (tertiary/aromatic N) is 6. The molecule has 1 N–H and O–H groups in total. The number of nitriles is 1. The number of aromatic nitrogens is 2. The standard InChI is InChI=1S/C23H24F3N7O4/c1-12-6-17-15(9-32(12)23(36)28-14-4-5-16(24)13(7-14)8-27)20-22(35)31(3)37-18(10-33(20)29-17)21(34)30(2)11-19(25)26/h4-5,7,12,18-19H,6,9-11H2,1-3H3,(H,28,36)/t12-,18-/m1/s1. The van der Waals surface area contributed by atoms with E-state index in [0.717, 1.165) is 16.0 Å². The minimum atomic E-state index is -2.73. The van der Waals surface area contributed by atoms with Gasteiger partial charge in [0.15, 0.2) is 6.10 Å². The van der Waals surface area contributed by atoms with Gasteiger partial charge in [-0.1, -0.05) is 0 Å². The molecule has 4 amide bonds. The first-order valence-electron chi connectivity index (χ1n) is 11.3. The number of carbonyl (C=O) groups excluding carboxylic acids is 3. The summed E-state index contributed by atoms with van der Waals surface area (Å²) in [6.45, 7) is 0.830. The molecule has 2 aromatic rings. The fourth-order valence-electron chi connectivity index (χ4n) is 4.37. The molecule has 196 valence electrons. The third kappa shape index (κ3) is 5.08. The number of amides is 4. The van der Waals surface area contributed by atoms with Gasteiger partial charge in [0.1, 0.15) is 17.6 Å².